The molecule has 1 rings (SSSR count). The van der Waals surface area contributed by atoms with E-state index in [-0.39, 0.29) is 0 Å². The molecule has 14 heavy (non-hydrogen) atoms. The lowest BCUT2D eigenvalue weighted by molar-refractivity contribution is 0.0229. The second kappa shape index (κ2) is 3.56. The average Bonchev–Trinajstić information content (AvgIpc) is 1.95. The largest absolute Gasteiger partial charge is 0.437 e. The number of rotatable bonds is 0. The molecular weight excluding hydrogens is 260 g/mol. The predicted molar refractivity (Wildman–Crippen MR) is 44.6 cm³/mol. The molecule has 82 valence electrons. The molecule has 0 spiro atoms. The minimum Gasteiger partial charge on any atom is -0.220 e. The number of nitrogens with one attached hydrogen (secondary N) is 1. The average molecular weight is 264 g/mol. The maximum absolute atomic E-state index is 10.8. The first-order chi connectivity index (χ1) is 6.22. The molecule has 0 bridgehead atoms. The molecule has 1 aliphatic rings. The molecular formula is C2H4N2O7S3. The van der Waals surface area contributed by atoms with Gasteiger partial charge in [-0.2, -0.15) is 16.8 Å². The van der Waals surface area contributed by atoms with Crippen LogP contribution >= 0.6 is 12.2 Å². The summed E-state index contributed by atoms with van der Waals surface area (Å²) in [6.07, 6.45) is 0. The van der Waals surface area contributed by atoms with Crippen LogP contribution in [0.25, 0.3) is 0 Å². The van der Waals surface area contributed by atoms with Gasteiger partial charge in [0.1, 0.15) is 0 Å². The van der Waals surface area contributed by atoms with E-state index in [9.17, 15) is 16.8 Å². The number of hydrogen-bond acceptors (Lipinski definition) is 8. The maximum Gasteiger partial charge on any atom is 0.437 e. The van der Waals surface area contributed by atoms with Gasteiger partial charge in [-0.3, -0.25) is 0 Å². The number of hydrogen-bond donors (Lipinski definition) is 1. The summed E-state index contributed by atoms with van der Waals surface area (Å²) in [6, 6.07) is 0. The van der Waals surface area contributed by atoms with Crippen molar-refractivity contribution in [2.75, 3.05) is 7.05 Å². The van der Waals surface area contributed by atoms with Crippen LogP contribution in [0.2, 0.25) is 0 Å². The summed E-state index contributed by atoms with van der Waals surface area (Å²) in [7, 11) is -8.38. The van der Waals surface area contributed by atoms with Crippen molar-refractivity contribution in [3.8, 4) is 0 Å². The van der Waals surface area contributed by atoms with Crippen LogP contribution in [0.1, 0.15) is 0 Å². The standard InChI is InChI=1S/C2H4N2O7S3/c1-4-2(12)3-9-13(5,6)11-14(7,8)10-4/h1H3,(H,3,12). The van der Waals surface area contributed by atoms with E-state index in [2.05, 4.69) is 24.4 Å². The lowest BCUT2D eigenvalue weighted by Gasteiger charge is -2.20. The van der Waals surface area contributed by atoms with E-state index < -0.39 is 25.9 Å². The van der Waals surface area contributed by atoms with Crippen molar-refractivity contribution in [2.24, 2.45) is 0 Å². The van der Waals surface area contributed by atoms with Crippen molar-refractivity contribution in [3.05, 3.63) is 0 Å². The smallest absolute Gasteiger partial charge is 0.220 e. The molecule has 1 N–H and O–H groups in total. The Kier molecular flexibility index (Phi) is 2.93. The molecule has 0 radical (unpaired) electrons. The molecule has 0 unspecified atom stereocenters. The van der Waals surface area contributed by atoms with Crippen LogP contribution in [-0.4, -0.2) is 34.1 Å². The van der Waals surface area contributed by atoms with Crippen LogP contribution in [0.3, 0.4) is 0 Å². The van der Waals surface area contributed by atoms with Gasteiger partial charge in [-0.15, -0.1) is 8.57 Å². The highest BCUT2D eigenvalue weighted by Crippen LogP contribution is 2.09. The Balaban J connectivity index is 3.03. The van der Waals surface area contributed by atoms with Crippen LogP contribution < -0.4 is 5.48 Å². The van der Waals surface area contributed by atoms with E-state index >= 15 is 0 Å². The van der Waals surface area contributed by atoms with E-state index in [0.29, 0.717) is 5.06 Å². The molecule has 0 aromatic heterocycles. The Morgan fingerprint density at radius 2 is 1.86 bits per heavy atom. The third-order valence-electron chi connectivity index (χ3n) is 0.887. The lowest BCUT2D eigenvalue weighted by atomic mass is 11.0. The third kappa shape index (κ3) is 3.00. The monoisotopic (exact) mass is 264 g/mol. The normalized spacial score (nSPS) is 26.1. The Hall–Kier alpha value is -0.530. The number of hydroxylamine groups is 3. The number of nitrogens with zero attached hydrogens (tertiary/aromatic N) is 1. The Morgan fingerprint density at radius 1 is 1.29 bits per heavy atom. The van der Waals surface area contributed by atoms with Gasteiger partial charge in [0.05, 0.1) is 0 Å². The zero-order chi connectivity index (χ0) is 11.0. The van der Waals surface area contributed by atoms with Crippen LogP contribution in [0.15, 0.2) is 0 Å². The summed E-state index contributed by atoms with van der Waals surface area (Å²) < 4.78 is 54.2. The van der Waals surface area contributed by atoms with Crippen molar-refractivity contribution in [1.82, 2.24) is 10.5 Å². The Labute approximate surface area is 85.1 Å². The van der Waals surface area contributed by atoms with Crippen molar-refractivity contribution in [2.45, 2.75) is 0 Å². The highest BCUT2D eigenvalue weighted by molar-refractivity contribution is 7.95. The van der Waals surface area contributed by atoms with E-state index in [4.69, 9.17) is 0 Å². The summed E-state index contributed by atoms with van der Waals surface area (Å²) in [4.78, 5) is 0. The van der Waals surface area contributed by atoms with E-state index in [0.717, 1.165) is 7.05 Å². The van der Waals surface area contributed by atoms with Crippen molar-refractivity contribution >= 4 is 38.1 Å². The van der Waals surface area contributed by atoms with Crippen LogP contribution in [0.5, 0.6) is 0 Å². The third-order valence-corrected chi connectivity index (χ3v) is 3.25. The van der Waals surface area contributed by atoms with Gasteiger partial charge in [-0.1, -0.05) is 3.63 Å². The fraction of sp³-hybridized carbons (Fsp3) is 0.500. The second-order valence-electron chi connectivity index (χ2n) is 1.95. The SMILES string of the molecule is CN1OS(=O)(=O)OS(=O)(=O)ONC1=S. The molecule has 1 aliphatic heterocycles. The van der Waals surface area contributed by atoms with Gasteiger partial charge in [0.2, 0.25) is 5.11 Å². The van der Waals surface area contributed by atoms with E-state index in [1.165, 1.54) is 0 Å². The molecule has 1 saturated heterocycles. The van der Waals surface area contributed by atoms with Crippen LogP contribution in [0.4, 0.5) is 0 Å². The van der Waals surface area contributed by atoms with Gasteiger partial charge >= 0.3 is 20.8 Å². The van der Waals surface area contributed by atoms with Crippen molar-refractivity contribution in [1.29, 1.82) is 0 Å². The number of thiocarbonyl (C=S) groups is 1. The van der Waals surface area contributed by atoms with Gasteiger partial charge in [-0.05, 0) is 12.2 Å². The van der Waals surface area contributed by atoms with Crippen LogP contribution in [-0.2, 0) is 33.0 Å². The first-order valence-corrected chi connectivity index (χ1v) is 5.92. The Bertz CT molecular complexity index is 436. The molecule has 0 atom stereocenters. The van der Waals surface area contributed by atoms with Gasteiger partial charge in [-0.25, -0.2) is 10.5 Å². The van der Waals surface area contributed by atoms with Crippen molar-refractivity contribution < 1.29 is 29.0 Å². The highest BCUT2D eigenvalue weighted by Gasteiger charge is 2.31. The molecule has 0 aromatic rings. The minimum absolute atomic E-state index is 0.402. The molecule has 0 saturated carbocycles. The fourth-order valence-electron chi connectivity index (χ4n) is 0.450. The van der Waals surface area contributed by atoms with Gasteiger partial charge in [0.25, 0.3) is 0 Å². The molecule has 1 fully saturated rings. The summed E-state index contributed by atoms with van der Waals surface area (Å²) in [5.74, 6) is 0. The van der Waals surface area contributed by atoms with Crippen molar-refractivity contribution in [3.63, 3.8) is 0 Å². The molecule has 1 heterocycles. The highest BCUT2D eigenvalue weighted by atomic mass is 32.3. The van der Waals surface area contributed by atoms with E-state index in [1.54, 1.807) is 5.48 Å². The van der Waals surface area contributed by atoms with Gasteiger partial charge < -0.3 is 0 Å². The fourth-order valence-corrected chi connectivity index (χ4v) is 2.19. The lowest BCUT2D eigenvalue weighted by Crippen LogP contribution is -2.43. The van der Waals surface area contributed by atoms with Crippen LogP contribution in [0, 0.1) is 0 Å². The molecule has 9 nitrogen and oxygen atoms in total. The quantitative estimate of drug-likeness (QED) is 0.502. The van der Waals surface area contributed by atoms with Gasteiger partial charge in [0.15, 0.2) is 0 Å². The zero-order valence-corrected chi connectivity index (χ0v) is 8.98. The zero-order valence-electron chi connectivity index (χ0n) is 6.53. The predicted octanol–water partition coefficient (Wildman–Crippen LogP) is -1.82. The van der Waals surface area contributed by atoms with E-state index in [1.807, 2.05) is 0 Å². The maximum atomic E-state index is 10.8. The first-order valence-electron chi connectivity index (χ1n) is 2.84. The molecule has 0 aliphatic carbocycles. The Morgan fingerprint density at radius 3 is 2.43 bits per heavy atom. The first kappa shape index (κ1) is 11.5. The molecule has 0 aromatic carbocycles. The second-order valence-corrected chi connectivity index (χ2v) is 4.83. The molecule has 12 heteroatoms. The van der Waals surface area contributed by atoms with Gasteiger partial charge in [0, 0.05) is 7.05 Å². The summed E-state index contributed by atoms with van der Waals surface area (Å²) in [5.41, 5.74) is 1.72. The summed E-state index contributed by atoms with van der Waals surface area (Å²) >= 11 is 4.46. The topological polar surface area (TPSA) is 111 Å². The summed E-state index contributed by atoms with van der Waals surface area (Å²) in [6.45, 7) is 0. The minimum atomic E-state index is -4.75. The summed E-state index contributed by atoms with van der Waals surface area (Å²) in [5, 5.41) is 0.139. The molecule has 0 amide bonds.